The number of rotatable bonds is 2. The largest absolute Gasteiger partial charge is 0.381 e. The standard InChI is InChI=1S/C8H15NO3/c9-3-7-5-11-8(12-7)6-1-2-10-4-6/h6-8H,1-5,9H2. The molecule has 2 aliphatic heterocycles. The van der Waals surface area contributed by atoms with Crippen molar-refractivity contribution in [2.24, 2.45) is 11.7 Å². The third-order valence-corrected chi connectivity index (χ3v) is 2.39. The maximum Gasteiger partial charge on any atom is 0.163 e. The molecule has 2 saturated heterocycles. The van der Waals surface area contributed by atoms with Crippen LogP contribution in [0.5, 0.6) is 0 Å². The first-order chi connectivity index (χ1) is 5.90. The van der Waals surface area contributed by atoms with E-state index in [2.05, 4.69) is 0 Å². The Morgan fingerprint density at radius 1 is 1.33 bits per heavy atom. The summed E-state index contributed by atoms with van der Waals surface area (Å²) in [4.78, 5) is 0. The van der Waals surface area contributed by atoms with Crippen molar-refractivity contribution < 1.29 is 14.2 Å². The maximum atomic E-state index is 5.57. The van der Waals surface area contributed by atoms with E-state index in [4.69, 9.17) is 19.9 Å². The Labute approximate surface area is 72.0 Å². The van der Waals surface area contributed by atoms with E-state index in [0.29, 0.717) is 19.1 Å². The van der Waals surface area contributed by atoms with Gasteiger partial charge in [-0.05, 0) is 6.42 Å². The molecular formula is C8H15NO3. The van der Waals surface area contributed by atoms with Crippen LogP contribution in [-0.4, -0.2) is 38.8 Å². The van der Waals surface area contributed by atoms with Gasteiger partial charge in [-0.15, -0.1) is 0 Å². The number of hydrogen-bond donors (Lipinski definition) is 1. The van der Waals surface area contributed by atoms with Crippen molar-refractivity contribution in [2.75, 3.05) is 26.4 Å². The molecule has 3 atom stereocenters. The lowest BCUT2D eigenvalue weighted by atomic mass is 10.1. The van der Waals surface area contributed by atoms with Crippen LogP contribution in [0, 0.1) is 5.92 Å². The van der Waals surface area contributed by atoms with Crippen molar-refractivity contribution in [3.8, 4) is 0 Å². The molecule has 2 N–H and O–H groups in total. The molecule has 0 radical (unpaired) electrons. The second-order valence-electron chi connectivity index (χ2n) is 3.32. The van der Waals surface area contributed by atoms with Crippen LogP contribution < -0.4 is 5.73 Å². The normalized spacial score (nSPS) is 42.2. The van der Waals surface area contributed by atoms with E-state index in [1.165, 1.54) is 0 Å². The molecule has 12 heavy (non-hydrogen) atoms. The highest BCUT2D eigenvalue weighted by atomic mass is 16.7. The Morgan fingerprint density at radius 2 is 2.25 bits per heavy atom. The summed E-state index contributed by atoms with van der Waals surface area (Å²) in [6, 6.07) is 0. The van der Waals surface area contributed by atoms with Gasteiger partial charge >= 0.3 is 0 Å². The molecule has 0 bridgehead atoms. The van der Waals surface area contributed by atoms with Gasteiger partial charge in [0, 0.05) is 19.1 Å². The molecule has 4 heteroatoms. The lowest BCUT2D eigenvalue weighted by Crippen LogP contribution is -2.26. The van der Waals surface area contributed by atoms with Gasteiger partial charge in [-0.1, -0.05) is 0 Å². The van der Waals surface area contributed by atoms with Crippen LogP contribution in [0.2, 0.25) is 0 Å². The predicted molar refractivity (Wildman–Crippen MR) is 42.6 cm³/mol. The molecule has 70 valence electrons. The Kier molecular flexibility index (Phi) is 2.60. The summed E-state index contributed by atoms with van der Waals surface area (Å²) < 4.78 is 16.3. The molecule has 2 aliphatic rings. The van der Waals surface area contributed by atoms with E-state index in [9.17, 15) is 0 Å². The molecule has 0 spiro atoms. The summed E-state index contributed by atoms with van der Waals surface area (Å²) in [6.07, 6.45) is 1.07. The minimum Gasteiger partial charge on any atom is -0.381 e. The van der Waals surface area contributed by atoms with E-state index in [1.807, 2.05) is 0 Å². The average molecular weight is 173 g/mol. The minimum atomic E-state index is -0.0685. The van der Waals surface area contributed by atoms with Crippen LogP contribution in [-0.2, 0) is 14.2 Å². The second kappa shape index (κ2) is 3.70. The molecule has 0 aliphatic carbocycles. The molecule has 3 unspecified atom stereocenters. The van der Waals surface area contributed by atoms with E-state index in [0.717, 1.165) is 19.6 Å². The number of nitrogens with two attached hydrogens (primary N) is 1. The van der Waals surface area contributed by atoms with Gasteiger partial charge in [-0.25, -0.2) is 0 Å². The second-order valence-corrected chi connectivity index (χ2v) is 3.32. The van der Waals surface area contributed by atoms with Crippen molar-refractivity contribution in [1.29, 1.82) is 0 Å². The van der Waals surface area contributed by atoms with E-state index < -0.39 is 0 Å². The first kappa shape index (κ1) is 8.44. The first-order valence-electron chi connectivity index (χ1n) is 4.45. The topological polar surface area (TPSA) is 53.7 Å². The van der Waals surface area contributed by atoms with Gasteiger partial charge in [0.2, 0.25) is 0 Å². The van der Waals surface area contributed by atoms with Gasteiger partial charge in [0.15, 0.2) is 6.29 Å². The Morgan fingerprint density at radius 3 is 2.83 bits per heavy atom. The van der Waals surface area contributed by atoms with Gasteiger partial charge in [0.25, 0.3) is 0 Å². The van der Waals surface area contributed by atoms with Gasteiger partial charge in [0.05, 0.1) is 19.3 Å². The Hall–Kier alpha value is -0.160. The van der Waals surface area contributed by atoms with Crippen LogP contribution in [0.1, 0.15) is 6.42 Å². The summed E-state index contributed by atoms with van der Waals surface area (Å²) in [5, 5.41) is 0. The van der Waals surface area contributed by atoms with E-state index in [-0.39, 0.29) is 12.4 Å². The summed E-state index contributed by atoms with van der Waals surface area (Å²) >= 11 is 0. The molecule has 2 rings (SSSR count). The van der Waals surface area contributed by atoms with Gasteiger partial charge < -0.3 is 19.9 Å². The third kappa shape index (κ3) is 1.61. The molecular weight excluding hydrogens is 158 g/mol. The third-order valence-electron chi connectivity index (χ3n) is 2.39. The highest BCUT2D eigenvalue weighted by Crippen LogP contribution is 2.24. The van der Waals surface area contributed by atoms with Crippen molar-refractivity contribution in [3.05, 3.63) is 0 Å². The van der Waals surface area contributed by atoms with Crippen molar-refractivity contribution in [1.82, 2.24) is 0 Å². The van der Waals surface area contributed by atoms with Crippen LogP contribution in [0.15, 0.2) is 0 Å². The molecule has 0 saturated carbocycles. The molecule has 2 heterocycles. The summed E-state index contributed by atoms with van der Waals surface area (Å²) in [7, 11) is 0. The molecule has 0 aromatic heterocycles. The predicted octanol–water partition coefficient (Wildman–Crippen LogP) is -0.277. The minimum absolute atomic E-state index is 0.0685. The molecule has 0 aromatic carbocycles. The van der Waals surface area contributed by atoms with E-state index >= 15 is 0 Å². The maximum absolute atomic E-state index is 5.57. The zero-order chi connectivity index (χ0) is 8.39. The summed E-state index contributed by atoms with van der Waals surface area (Å²) in [5.41, 5.74) is 5.46. The monoisotopic (exact) mass is 173 g/mol. The summed E-state index contributed by atoms with van der Waals surface area (Å²) in [6.45, 7) is 2.78. The van der Waals surface area contributed by atoms with E-state index in [1.54, 1.807) is 0 Å². The smallest absolute Gasteiger partial charge is 0.163 e. The Bertz CT molecular complexity index is 147. The quantitative estimate of drug-likeness (QED) is 0.624. The van der Waals surface area contributed by atoms with Crippen molar-refractivity contribution in [3.63, 3.8) is 0 Å². The zero-order valence-corrected chi connectivity index (χ0v) is 7.07. The lowest BCUT2D eigenvalue weighted by Gasteiger charge is -2.15. The molecule has 0 amide bonds. The van der Waals surface area contributed by atoms with Gasteiger partial charge in [-0.3, -0.25) is 0 Å². The summed E-state index contributed by atoms with van der Waals surface area (Å²) in [5.74, 6) is 0.418. The Balaban J connectivity index is 1.81. The fourth-order valence-electron chi connectivity index (χ4n) is 1.61. The highest BCUT2D eigenvalue weighted by Gasteiger charge is 2.33. The van der Waals surface area contributed by atoms with Crippen molar-refractivity contribution >= 4 is 0 Å². The number of hydrogen-bond acceptors (Lipinski definition) is 4. The lowest BCUT2D eigenvalue weighted by molar-refractivity contribution is -0.0952. The van der Waals surface area contributed by atoms with Gasteiger partial charge in [0.1, 0.15) is 0 Å². The fraction of sp³-hybridized carbons (Fsp3) is 1.00. The van der Waals surface area contributed by atoms with Gasteiger partial charge in [-0.2, -0.15) is 0 Å². The van der Waals surface area contributed by atoms with Crippen LogP contribution in [0.25, 0.3) is 0 Å². The fourth-order valence-corrected chi connectivity index (χ4v) is 1.61. The van der Waals surface area contributed by atoms with Crippen LogP contribution in [0.3, 0.4) is 0 Å². The number of ether oxygens (including phenoxy) is 3. The van der Waals surface area contributed by atoms with Crippen molar-refractivity contribution in [2.45, 2.75) is 18.8 Å². The molecule has 2 fully saturated rings. The average Bonchev–Trinajstić information content (AvgIpc) is 2.75. The SMILES string of the molecule is NCC1COC(C2CCOC2)O1. The first-order valence-corrected chi connectivity index (χ1v) is 4.45. The van der Waals surface area contributed by atoms with Crippen LogP contribution >= 0.6 is 0 Å². The molecule has 0 aromatic rings. The van der Waals surface area contributed by atoms with Crippen LogP contribution in [0.4, 0.5) is 0 Å². The zero-order valence-electron chi connectivity index (χ0n) is 7.07. The molecule has 4 nitrogen and oxygen atoms in total. The highest BCUT2D eigenvalue weighted by molar-refractivity contribution is 4.74.